The van der Waals surface area contributed by atoms with Crippen molar-refractivity contribution in [2.75, 3.05) is 70.1 Å². The summed E-state index contributed by atoms with van der Waals surface area (Å²) < 4.78 is 54.2. The lowest BCUT2D eigenvalue weighted by molar-refractivity contribution is 0.140. The van der Waals surface area contributed by atoms with E-state index in [4.69, 9.17) is 54.8 Å². The molecule has 0 aliphatic rings. The molecule has 6 aromatic carbocycles. The Labute approximate surface area is 445 Å². The van der Waals surface area contributed by atoms with E-state index >= 15 is 0 Å². The molecular weight excluding hydrogens is 1000 g/mol. The molecule has 6 rings (SSSR count). The Kier molecular flexibility index (Phi) is 39.4. The van der Waals surface area contributed by atoms with Crippen LogP contribution in [0, 0.1) is 22.7 Å². The summed E-state index contributed by atoms with van der Waals surface area (Å²) in [6, 6.07) is 65.5. The first-order valence-electron chi connectivity index (χ1n) is 23.9. The van der Waals surface area contributed by atoms with Gasteiger partial charge in [-0.05, 0) is 67.1 Å². The Balaban J connectivity index is 0.000000863. The van der Waals surface area contributed by atoms with Crippen molar-refractivity contribution in [3.63, 3.8) is 0 Å². The van der Waals surface area contributed by atoms with Crippen LogP contribution in [0.3, 0.4) is 0 Å². The molecule has 0 N–H and O–H groups in total. The van der Waals surface area contributed by atoms with Crippen LogP contribution in [-0.4, -0.2) is 114 Å². The number of nitrogens with zero attached hydrogens (tertiary/aromatic N) is 2. The second-order valence-corrected chi connectivity index (χ2v) is 30.8. The Bertz CT molecular complexity index is 2190. The summed E-state index contributed by atoms with van der Waals surface area (Å²) in [5.41, 5.74) is 3.32. The SMILES string of the molecule is CC#N.CCO[SiH](Cc1ccccc1)OCC.CO[SiH](Cc1ccccc1)OC.CO[Si](C)(C)C.CO[Si](OC)(OC)c1ccccc1.CO[Si](OC)(c1ccccc1)c1ccccc1.N#Cc1ccccc1. The molecule has 0 atom stereocenters. The van der Waals surface area contributed by atoms with E-state index in [0.717, 1.165) is 40.9 Å². The molecule has 0 aliphatic carbocycles. The number of nitriles is 2. The molecule has 0 aromatic heterocycles. The lowest BCUT2D eigenvalue weighted by atomic mass is 10.2. The highest BCUT2D eigenvalue weighted by atomic mass is 28.4. The Hall–Kier alpha value is -5.02. The van der Waals surface area contributed by atoms with Gasteiger partial charge in [0, 0.05) is 94.3 Å². The highest BCUT2D eigenvalue weighted by Crippen LogP contribution is 2.09. The van der Waals surface area contributed by atoms with E-state index in [9.17, 15) is 0 Å². The van der Waals surface area contributed by atoms with Crippen molar-refractivity contribution < 1.29 is 44.3 Å². The van der Waals surface area contributed by atoms with E-state index < -0.39 is 44.3 Å². The second kappa shape index (κ2) is 42.4. The maximum atomic E-state index is 8.29. The van der Waals surface area contributed by atoms with E-state index in [0.29, 0.717) is 5.56 Å². The van der Waals surface area contributed by atoms with Gasteiger partial charge >= 0.3 is 35.9 Å². The van der Waals surface area contributed by atoms with Crippen molar-refractivity contribution in [3.05, 3.63) is 199 Å². The fraction of sp³-hybridized carbons (Fsp3) is 0.321. The number of hydrogen-bond donors (Lipinski definition) is 0. The molecule has 6 aromatic rings. The molecule has 0 saturated carbocycles. The van der Waals surface area contributed by atoms with Crippen molar-refractivity contribution in [1.82, 2.24) is 0 Å². The minimum absolute atomic E-state index is 0.715. The Morgan fingerprint density at radius 2 is 0.699 bits per heavy atom. The predicted octanol–water partition coefficient (Wildman–Crippen LogP) is 9.21. The minimum atomic E-state index is -2.59. The van der Waals surface area contributed by atoms with E-state index in [1.165, 1.54) is 18.1 Å². The molecule has 0 amide bonds. The number of hydrogen-bond acceptors (Lipinski definition) is 12. The number of rotatable bonds is 19. The van der Waals surface area contributed by atoms with Crippen LogP contribution in [0.4, 0.5) is 0 Å². The van der Waals surface area contributed by atoms with Crippen LogP contribution >= 0.6 is 0 Å². The topological polar surface area (TPSA) is 140 Å². The summed E-state index contributed by atoms with van der Waals surface area (Å²) in [6.45, 7) is 13.5. The fourth-order valence-corrected chi connectivity index (χ4v) is 13.6. The molecule has 0 heterocycles. The van der Waals surface area contributed by atoms with Crippen LogP contribution in [0.25, 0.3) is 0 Å². The third kappa shape index (κ3) is 28.9. The molecule has 0 bridgehead atoms. The molecule has 0 aliphatic heterocycles. The van der Waals surface area contributed by atoms with E-state index in [1.807, 2.05) is 129 Å². The van der Waals surface area contributed by atoms with E-state index in [-0.39, 0.29) is 0 Å². The number of benzene rings is 6. The third-order valence-corrected chi connectivity index (χ3v) is 21.3. The molecule has 0 unspecified atom stereocenters. The standard InChI is InChI=1S/C14H16O2Si.C11H18O2Si.C9H14O3Si.C9H14O2Si.C7H5N.C4H12OSi.C2H3N/c1-15-17(16-2,13-9-5-3-6-10-13)14-11-7-4-8-12-14;1-3-12-14(13-4-2)10-11-8-6-5-7-9-11;1-10-13(11-2,12-3)9-7-5-4-6-8-9;1-10-12(11-2)8-9-6-4-3-5-7-9;8-6-7-4-2-1-3-5-7;1-5-6(2,3)4;1-2-3/h3-12H,1-2H3;5-9,14H,3-4,10H2,1-2H3;4-8H,1-3H3;3-7,12H,8H2,1-2H3;1-5H;1-4H3;1H3. The van der Waals surface area contributed by atoms with Crippen molar-refractivity contribution in [2.45, 2.75) is 52.5 Å². The van der Waals surface area contributed by atoms with Gasteiger partial charge in [-0.2, -0.15) is 10.5 Å². The normalized spacial score (nSPS) is 10.5. The van der Waals surface area contributed by atoms with Crippen LogP contribution in [-0.2, 0) is 56.3 Å². The van der Waals surface area contributed by atoms with Crippen LogP contribution in [0.15, 0.2) is 182 Å². The first-order valence-corrected chi connectivity index (χ1v) is 34.3. The second-order valence-electron chi connectivity index (χ2n) is 15.9. The van der Waals surface area contributed by atoms with Gasteiger partial charge in [0.05, 0.1) is 17.7 Å². The largest absolute Gasteiger partial charge is 0.536 e. The van der Waals surface area contributed by atoms with Gasteiger partial charge in [-0.15, -0.1) is 0 Å². The third-order valence-electron chi connectivity index (χ3n) is 10.1. The van der Waals surface area contributed by atoms with Gasteiger partial charge in [0.1, 0.15) is 0 Å². The van der Waals surface area contributed by atoms with Gasteiger partial charge in [-0.25, -0.2) is 0 Å². The average Bonchev–Trinajstić information content (AvgIpc) is 3.44. The zero-order valence-electron chi connectivity index (χ0n) is 45.8. The summed E-state index contributed by atoms with van der Waals surface area (Å²) in [6.07, 6.45) is 0. The van der Waals surface area contributed by atoms with E-state index in [2.05, 4.69) is 80.3 Å². The minimum Gasteiger partial charge on any atom is -0.421 e. The van der Waals surface area contributed by atoms with Gasteiger partial charge in [0.2, 0.25) is 0 Å². The van der Waals surface area contributed by atoms with Crippen molar-refractivity contribution in [1.29, 1.82) is 10.5 Å². The fourth-order valence-electron chi connectivity index (χ4n) is 6.21. The van der Waals surface area contributed by atoms with Gasteiger partial charge in [0.25, 0.3) is 0 Å². The summed E-state index contributed by atoms with van der Waals surface area (Å²) >= 11 is 0. The molecule has 17 heteroatoms. The van der Waals surface area contributed by atoms with Gasteiger partial charge in [0.15, 0.2) is 8.32 Å². The molecular formula is C56H82N2O10Si5. The zero-order chi connectivity index (χ0) is 54.6. The summed E-state index contributed by atoms with van der Waals surface area (Å²) in [4.78, 5) is 0. The highest BCUT2D eigenvalue weighted by Gasteiger charge is 2.41. The predicted molar refractivity (Wildman–Crippen MR) is 309 cm³/mol. The smallest absolute Gasteiger partial charge is 0.421 e. The molecule has 396 valence electrons. The quantitative estimate of drug-likeness (QED) is 0.0715. The van der Waals surface area contributed by atoms with Gasteiger partial charge in [-0.1, -0.05) is 170 Å². The zero-order valence-corrected chi connectivity index (χ0v) is 51.1. The van der Waals surface area contributed by atoms with Crippen LogP contribution in [0.5, 0.6) is 0 Å². The van der Waals surface area contributed by atoms with Crippen LogP contribution < -0.4 is 15.6 Å². The molecule has 0 spiro atoms. The van der Waals surface area contributed by atoms with Crippen molar-refractivity contribution in [2.24, 2.45) is 0 Å². The Morgan fingerprint density at radius 1 is 0.411 bits per heavy atom. The van der Waals surface area contributed by atoms with Crippen molar-refractivity contribution >= 4 is 59.8 Å². The summed E-state index contributed by atoms with van der Waals surface area (Å²) in [7, 11) is 4.34. The van der Waals surface area contributed by atoms with Crippen LogP contribution in [0.2, 0.25) is 19.6 Å². The first-order chi connectivity index (χ1) is 35.3. The van der Waals surface area contributed by atoms with Gasteiger partial charge < -0.3 is 44.3 Å². The van der Waals surface area contributed by atoms with Crippen LogP contribution in [0.1, 0.15) is 37.5 Å². The average molecular weight is 1080 g/mol. The molecule has 73 heavy (non-hydrogen) atoms. The molecule has 0 radical (unpaired) electrons. The Morgan fingerprint density at radius 3 is 0.945 bits per heavy atom. The van der Waals surface area contributed by atoms with Gasteiger partial charge in [-0.3, -0.25) is 0 Å². The van der Waals surface area contributed by atoms with Crippen molar-refractivity contribution in [3.8, 4) is 12.1 Å². The molecule has 0 fully saturated rings. The summed E-state index contributed by atoms with van der Waals surface area (Å²) in [5.74, 6) is 0. The maximum Gasteiger partial charge on any atom is 0.536 e. The monoisotopic (exact) mass is 1080 g/mol. The lowest BCUT2D eigenvalue weighted by Crippen LogP contribution is -2.62. The molecule has 0 saturated heterocycles. The maximum absolute atomic E-state index is 8.29. The van der Waals surface area contributed by atoms with E-state index in [1.54, 1.807) is 75.1 Å². The molecule has 12 nitrogen and oxygen atoms in total. The first kappa shape index (κ1) is 68.0. The highest BCUT2D eigenvalue weighted by molar-refractivity contribution is 6.92. The lowest BCUT2D eigenvalue weighted by Gasteiger charge is -2.27. The summed E-state index contributed by atoms with van der Waals surface area (Å²) in [5, 5.41) is 18.8.